The summed E-state index contributed by atoms with van der Waals surface area (Å²) in [4.78, 5) is 7.04. The maximum absolute atomic E-state index is 4.45. The highest BCUT2D eigenvalue weighted by molar-refractivity contribution is 4.96. The Kier molecular flexibility index (Phi) is 3.08. The lowest BCUT2D eigenvalue weighted by molar-refractivity contribution is 0.184. The van der Waals surface area contributed by atoms with E-state index in [2.05, 4.69) is 26.0 Å². The van der Waals surface area contributed by atoms with Crippen LogP contribution in [0.2, 0.25) is 0 Å². The number of imidazole rings is 1. The number of piperidine rings is 1. The van der Waals surface area contributed by atoms with E-state index < -0.39 is 0 Å². The predicted octanol–water partition coefficient (Wildman–Crippen LogP) is 1.62. The fraction of sp³-hybridized carbons (Fsp3) is 0.800. The van der Waals surface area contributed by atoms with Gasteiger partial charge in [0.1, 0.15) is 5.82 Å². The minimum atomic E-state index is 0.837. The van der Waals surface area contributed by atoms with Crippen molar-refractivity contribution in [3.63, 3.8) is 0 Å². The van der Waals surface area contributed by atoms with Gasteiger partial charge in [0, 0.05) is 37.6 Å². The van der Waals surface area contributed by atoms with Gasteiger partial charge in [0.25, 0.3) is 0 Å². The van der Waals surface area contributed by atoms with E-state index in [0.29, 0.717) is 0 Å². The minimum Gasteiger partial charge on any atom is -0.333 e. The molecule has 2 fully saturated rings. The smallest absolute Gasteiger partial charge is 0.122 e. The van der Waals surface area contributed by atoms with Gasteiger partial charge in [-0.3, -0.25) is 4.90 Å². The van der Waals surface area contributed by atoms with Gasteiger partial charge in [-0.2, -0.15) is 0 Å². The lowest BCUT2D eigenvalue weighted by Gasteiger charge is -2.32. The van der Waals surface area contributed by atoms with Crippen LogP contribution >= 0.6 is 0 Å². The van der Waals surface area contributed by atoms with Crippen molar-refractivity contribution >= 4 is 0 Å². The third-order valence-corrected chi connectivity index (χ3v) is 5.25. The second-order valence-corrected chi connectivity index (χ2v) is 6.58. The zero-order valence-corrected chi connectivity index (χ0v) is 11.6. The summed E-state index contributed by atoms with van der Waals surface area (Å²) in [5.74, 6) is 2.21. The van der Waals surface area contributed by atoms with Crippen molar-refractivity contribution < 1.29 is 0 Å². The first-order chi connectivity index (χ1) is 9.37. The van der Waals surface area contributed by atoms with Crippen molar-refractivity contribution in [2.45, 2.75) is 57.3 Å². The molecule has 2 saturated heterocycles. The molecule has 0 saturated carbocycles. The molecule has 0 radical (unpaired) electrons. The monoisotopic (exact) mass is 260 g/mol. The third-order valence-electron chi connectivity index (χ3n) is 5.25. The van der Waals surface area contributed by atoms with Gasteiger partial charge in [-0.25, -0.2) is 4.98 Å². The van der Waals surface area contributed by atoms with Crippen LogP contribution < -0.4 is 5.32 Å². The summed E-state index contributed by atoms with van der Waals surface area (Å²) in [6.07, 6.45) is 11.1. The molecule has 2 unspecified atom stereocenters. The summed E-state index contributed by atoms with van der Waals surface area (Å²) in [5.41, 5.74) is 0. The van der Waals surface area contributed by atoms with Gasteiger partial charge in [0.05, 0.1) is 6.54 Å². The Morgan fingerprint density at radius 2 is 2.05 bits per heavy atom. The Hall–Kier alpha value is -0.870. The molecule has 1 N–H and O–H groups in total. The van der Waals surface area contributed by atoms with Crippen LogP contribution in [-0.2, 0) is 13.1 Å². The maximum atomic E-state index is 4.45. The van der Waals surface area contributed by atoms with E-state index in [-0.39, 0.29) is 0 Å². The molecule has 2 bridgehead atoms. The number of nitrogens with zero attached hydrogens (tertiary/aromatic N) is 3. The van der Waals surface area contributed by atoms with Crippen molar-refractivity contribution in [2.24, 2.45) is 5.92 Å². The minimum absolute atomic E-state index is 0.837. The highest BCUT2D eigenvalue weighted by atomic mass is 15.2. The number of hydrogen-bond donors (Lipinski definition) is 1. The van der Waals surface area contributed by atoms with Crippen molar-refractivity contribution in [3.8, 4) is 0 Å². The van der Waals surface area contributed by atoms with E-state index in [0.717, 1.165) is 31.1 Å². The normalized spacial score (nSPS) is 34.4. The molecule has 4 heterocycles. The van der Waals surface area contributed by atoms with E-state index >= 15 is 0 Å². The Morgan fingerprint density at radius 3 is 2.89 bits per heavy atom. The molecule has 3 aliphatic rings. The summed E-state index contributed by atoms with van der Waals surface area (Å²) >= 11 is 0. The molecule has 1 aromatic rings. The second-order valence-electron chi connectivity index (χ2n) is 6.58. The van der Waals surface area contributed by atoms with E-state index in [1.54, 1.807) is 0 Å². The summed E-state index contributed by atoms with van der Waals surface area (Å²) in [6, 6.07) is 1.67. The molecule has 2 atom stereocenters. The molecule has 0 aromatic carbocycles. The van der Waals surface area contributed by atoms with Gasteiger partial charge in [-0.05, 0) is 44.6 Å². The van der Waals surface area contributed by atoms with E-state index in [4.69, 9.17) is 0 Å². The standard InChI is InChI=1S/C15H24N4/c1-2-14-10-12(9-13(1)17-14)3-5-18-7-8-19-6-4-16-15(19)11-18/h4,6,12-14,17H,1-3,5,7-11H2. The van der Waals surface area contributed by atoms with Gasteiger partial charge in [-0.1, -0.05) is 0 Å². The van der Waals surface area contributed by atoms with Gasteiger partial charge in [0.2, 0.25) is 0 Å². The third kappa shape index (κ3) is 2.43. The summed E-state index contributed by atoms with van der Waals surface area (Å²) < 4.78 is 2.29. The van der Waals surface area contributed by atoms with Crippen LogP contribution in [0.15, 0.2) is 12.4 Å². The summed E-state index contributed by atoms with van der Waals surface area (Å²) in [7, 11) is 0. The first-order valence-corrected chi connectivity index (χ1v) is 7.85. The quantitative estimate of drug-likeness (QED) is 0.896. The zero-order chi connectivity index (χ0) is 12.7. The molecule has 0 amide bonds. The topological polar surface area (TPSA) is 33.1 Å². The van der Waals surface area contributed by atoms with Gasteiger partial charge >= 0.3 is 0 Å². The van der Waals surface area contributed by atoms with E-state index in [1.807, 2.05) is 6.20 Å². The number of fused-ring (bicyclic) bond motifs is 3. The van der Waals surface area contributed by atoms with Crippen molar-refractivity contribution in [3.05, 3.63) is 18.2 Å². The van der Waals surface area contributed by atoms with Gasteiger partial charge < -0.3 is 9.88 Å². The maximum Gasteiger partial charge on any atom is 0.122 e. The predicted molar refractivity (Wildman–Crippen MR) is 74.8 cm³/mol. The van der Waals surface area contributed by atoms with E-state index in [1.165, 1.54) is 51.0 Å². The fourth-order valence-electron chi connectivity index (χ4n) is 4.19. The van der Waals surface area contributed by atoms with Crippen LogP contribution in [0.5, 0.6) is 0 Å². The van der Waals surface area contributed by atoms with Crippen LogP contribution in [0.25, 0.3) is 0 Å². The average Bonchev–Trinajstić information content (AvgIpc) is 3.02. The van der Waals surface area contributed by atoms with Crippen LogP contribution in [0.3, 0.4) is 0 Å². The van der Waals surface area contributed by atoms with Crippen LogP contribution in [0.1, 0.15) is 37.9 Å². The first-order valence-electron chi connectivity index (χ1n) is 7.85. The highest BCUT2D eigenvalue weighted by Gasteiger charge is 2.33. The first kappa shape index (κ1) is 11.9. The van der Waals surface area contributed by atoms with Crippen LogP contribution in [-0.4, -0.2) is 39.6 Å². The SMILES string of the molecule is c1cn2c(n1)CN(CCC1CC3CCC(C1)N3)CC2. The summed E-state index contributed by atoms with van der Waals surface area (Å²) in [5, 5.41) is 3.74. The Morgan fingerprint density at radius 1 is 1.21 bits per heavy atom. The molecule has 3 aliphatic heterocycles. The number of nitrogens with one attached hydrogen (secondary N) is 1. The van der Waals surface area contributed by atoms with Crippen molar-refractivity contribution in [2.75, 3.05) is 13.1 Å². The zero-order valence-electron chi connectivity index (χ0n) is 11.6. The van der Waals surface area contributed by atoms with Gasteiger partial charge in [0.15, 0.2) is 0 Å². The molecule has 104 valence electrons. The van der Waals surface area contributed by atoms with Crippen LogP contribution in [0.4, 0.5) is 0 Å². The lowest BCUT2D eigenvalue weighted by atomic mass is 9.89. The number of hydrogen-bond acceptors (Lipinski definition) is 3. The fourth-order valence-corrected chi connectivity index (χ4v) is 4.19. The molecular weight excluding hydrogens is 236 g/mol. The molecule has 4 nitrogen and oxygen atoms in total. The lowest BCUT2D eigenvalue weighted by Crippen LogP contribution is -2.40. The Balaban J connectivity index is 1.29. The van der Waals surface area contributed by atoms with Crippen molar-refractivity contribution in [1.29, 1.82) is 0 Å². The second kappa shape index (κ2) is 4.91. The number of rotatable bonds is 3. The molecular formula is C15H24N4. The molecule has 0 aliphatic carbocycles. The molecule has 4 heteroatoms. The Bertz CT molecular complexity index is 429. The number of aromatic nitrogens is 2. The van der Waals surface area contributed by atoms with Crippen molar-refractivity contribution in [1.82, 2.24) is 19.8 Å². The molecule has 19 heavy (non-hydrogen) atoms. The average molecular weight is 260 g/mol. The highest BCUT2D eigenvalue weighted by Crippen LogP contribution is 2.32. The van der Waals surface area contributed by atoms with Crippen LogP contribution in [0, 0.1) is 5.92 Å². The molecule has 4 rings (SSSR count). The Labute approximate surface area is 115 Å². The largest absolute Gasteiger partial charge is 0.333 e. The van der Waals surface area contributed by atoms with Gasteiger partial charge in [-0.15, -0.1) is 0 Å². The molecule has 1 aromatic heterocycles. The molecule has 0 spiro atoms. The summed E-state index contributed by atoms with van der Waals surface area (Å²) in [6.45, 7) is 4.62. The van der Waals surface area contributed by atoms with E-state index in [9.17, 15) is 0 Å².